The summed E-state index contributed by atoms with van der Waals surface area (Å²) in [5, 5.41) is 16.6. The van der Waals surface area contributed by atoms with E-state index in [4.69, 9.17) is 0 Å². The lowest BCUT2D eigenvalue weighted by atomic mass is 10.1. The zero-order chi connectivity index (χ0) is 24.1. The lowest BCUT2D eigenvalue weighted by molar-refractivity contribution is -0.116. The van der Waals surface area contributed by atoms with Gasteiger partial charge in [-0.2, -0.15) is 14.7 Å². The van der Waals surface area contributed by atoms with Crippen LogP contribution in [0.5, 0.6) is 0 Å². The first kappa shape index (κ1) is 23.4. The molecular weight excluding hydrogens is 450 g/mol. The van der Waals surface area contributed by atoms with Crippen LogP contribution in [0.4, 0.5) is 0 Å². The van der Waals surface area contributed by atoms with Crippen molar-refractivity contribution in [2.24, 2.45) is 0 Å². The lowest BCUT2D eigenvalue weighted by Gasteiger charge is -2.26. The molecule has 2 heterocycles. The molecule has 1 fully saturated rings. The smallest absolute Gasteiger partial charge is 0.261 e. The number of carbonyl (C=O) groups is 1. The predicted molar refractivity (Wildman–Crippen MR) is 129 cm³/mol. The number of hydrogen-bond donors (Lipinski definition) is 1. The van der Waals surface area contributed by atoms with Crippen LogP contribution in [0.1, 0.15) is 24.8 Å². The summed E-state index contributed by atoms with van der Waals surface area (Å²) in [5.41, 5.74) is 2.29. The van der Waals surface area contributed by atoms with Crippen LogP contribution in [0, 0.1) is 11.3 Å². The van der Waals surface area contributed by atoms with E-state index in [0.717, 1.165) is 24.9 Å². The molecule has 1 aliphatic rings. The second-order valence-corrected chi connectivity index (χ2v) is 9.89. The minimum Gasteiger partial charge on any atom is -0.354 e. The Balaban J connectivity index is 1.83. The van der Waals surface area contributed by atoms with Crippen molar-refractivity contribution >= 4 is 22.0 Å². The number of aromatic nitrogens is 2. The van der Waals surface area contributed by atoms with Crippen molar-refractivity contribution in [2.75, 3.05) is 20.1 Å². The second kappa shape index (κ2) is 10.0. The molecule has 1 N–H and O–H groups in total. The van der Waals surface area contributed by atoms with Crippen molar-refractivity contribution in [1.29, 1.82) is 5.26 Å². The van der Waals surface area contributed by atoms with Crippen LogP contribution in [0.15, 0.2) is 71.3 Å². The normalized spacial score (nSPS) is 15.0. The Labute approximate surface area is 199 Å². The number of amides is 1. The molecule has 0 aliphatic carbocycles. The molecule has 1 aliphatic heterocycles. The van der Waals surface area contributed by atoms with Gasteiger partial charge in [0.05, 0.1) is 10.6 Å². The SMILES string of the molecule is CNC(=O)/C(C#N)=C/c1cn(-c2ccccc2)nc1-c1cccc(S(=O)(=O)N2CCCCC2)c1. The van der Waals surface area contributed by atoms with Gasteiger partial charge in [-0.05, 0) is 43.2 Å². The second-order valence-electron chi connectivity index (χ2n) is 7.95. The van der Waals surface area contributed by atoms with E-state index >= 15 is 0 Å². The first-order chi connectivity index (χ1) is 16.4. The molecule has 1 saturated heterocycles. The van der Waals surface area contributed by atoms with Crippen molar-refractivity contribution in [3.8, 4) is 23.0 Å². The molecule has 0 bridgehead atoms. The van der Waals surface area contributed by atoms with Gasteiger partial charge < -0.3 is 5.32 Å². The highest BCUT2D eigenvalue weighted by molar-refractivity contribution is 7.89. The van der Waals surface area contributed by atoms with Gasteiger partial charge in [0.25, 0.3) is 5.91 Å². The number of nitrogens with one attached hydrogen (secondary N) is 1. The first-order valence-corrected chi connectivity index (χ1v) is 12.5. The van der Waals surface area contributed by atoms with Gasteiger partial charge in [-0.1, -0.05) is 36.8 Å². The number of hydrogen-bond acceptors (Lipinski definition) is 5. The Bertz CT molecular complexity index is 1370. The molecule has 8 nitrogen and oxygen atoms in total. The van der Waals surface area contributed by atoms with Crippen LogP contribution < -0.4 is 5.32 Å². The number of nitriles is 1. The Kier molecular flexibility index (Phi) is 6.91. The van der Waals surface area contributed by atoms with Crippen LogP contribution in [0.2, 0.25) is 0 Å². The van der Waals surface area contributed by atoms with Gasteiger partial charge in [0.15, 0.2) is 0 Å². The molecule has 0 atom stereocenters. The highest BCUT2D eigenvalue weighted by Gasteiger charge is 2.26. The van der Waals surface area contributed by atoms with E-state index < -0.39 is 15.9 Å². The highest BCUT2D eigenvalue weighted by atomic mass is 32.2. The fourth-order valence-electron chi connectivity index (χ4n) is 3.93. The van der Waals surface area contributed by atoms with Gasteiger partial charge >= 0.3 is 0 Å². The average molecular weight is 476 g/mol. The van der Waals surface area contributed by atoms with Crippen molar-refractivity contribution in [1.82, 2.24) is 19.4 Å². The first-order valence-electron chi connectivity index (χ1n) is 11.0. The van der Waals surface area contributed by atoms with Crippen LogP contribution in [0.25, 0.3) is 23.0 Å². The summed E-state index contributed by atoms with van der Waals surface area (Å²) in [4.78, 5) is 12.3. The van der Waals surface area contributed by atoms with E-state index in [-0.39, 0.29) is 10.5 Å². The third-order valence-corrected chi connectivity index (χ3v) is 7.61. The highest BCUT2D eigenvalue weighted by Crippen LogP contribution is 2.29. The Hall–Kier alpha value is -3.74. The van der Waals surface area contributed by atoms with Crippen molar-refractivity contribution in [2.45, 2.75) is 24.2 Å². The van der Waals surface area contributed by atoms with E-state index in [1.807, 2.05) is 36.4 Å². The van der Waals surface area contributed by atoms with Crippen molar-refractivity contribution < 1.29 is 13.2 Å². The topological polar surface area (TPSA) is 108 Å². The quantitative estimate of drug-likeness (QED) is 0.434. The number of benzene rings is 2. The summed E-state index contributed by atoms with van der Waals surface area (Å²) in [7, 11) is -2.17. The van der Waals surface area contributed by atoms with Crippen LogP contribution in [0.3, 0.4) is 0 Å². The fraction of sp³-hybridized carbons (Fsp3) is 0.240. The molecular formula is C25H25N5O3S. The van der Waals surface area contributed by atoms with Gasteiger partial charge in [0, 0.05) is 37.5 Å². The number of nitrogens with zero attached hydrogens (tertiary/aromatic N) is 4. The minimum atomic E-state index is -3.63. The molecule has 2 aromatic carbocycles. The zero-order valence-corrected chi connectivity index (χ0v) is 19.6. The molecule has 34 heavy (non-hydrogen) atoms. The maximum Gasteiger partial charge on any atom is 0.261 e. The van der Waals surface area contributed by atoms with Gasteiger partial charge in [-0.25, -0.2) is 13.1 Å². The molecule has 0 radical (unpaired) electrons. The third kappa shape index (κ3) is 4.78. The number of sulfonamides is 1. The molecule has 1 amide bonds. The van der Waals surface area contributed by atoms with Crippen LogP contribution >= 0.6 is 0 Å². The zero-order valence-electron chi connectivity index (χ0n) is 18.8. The van der Waals surface area contributed by atoms with Crippen LogP contribution in [-0.4, -0.2) is 48.5 Å². The maximum absolute atomic E-state index is 13.2. The molecule has 9 heteroatoms. The molecule has 0 saturated carbocycles. The number of carbonyl (C=O) groups excluding carboxylic acids is 1. The number of rotatable bonds is 6. The van der Waals surface area contributed by atoms with Crippen molar-refractivity contribution in [3.63, 3.8) is 0 Å². The number of para-hydroxylation sites is 1. The number of piperidine rings is 1. The molecule has 0 unspecified atom stereocenters. The van der Waals surface area contributed by atoms with Gasteiger partial charge in [-0.3, -0.25) is 4.79 Å². The monoisotopic (exact) mass is 475 g/mol. The minimum absolute atomic E-state index is 0.0755. The molecule has 4 rings (SSSR count). The summed E-state index contributed by atoms with van der Waals surface area (Å²) in [5.74, 6) is -0.512. The molecule has 3 aromatic rings. The summed E-state index contributed by atoms with van der Waals surface area (Å²) < 4.78 is 29.6. The van der Waals surface area contributed by atoms with E-state index in [1.54, 1.807) is 35.1 Å². The summed E-state index contributed by atoms with van der Waals surface area (Å²) in [6.45, 7) is 1.03. The van der Waals surface area contributed by atoms with E-state index in [2.05, 4.69) is 10.4 Å². The van der Waals surface area contributed by atoms with E-state index in [0.29, 0.717) is 29.9 Å². The molecule has 0 spiro atoms. The molecule has 174 valence electrons. The van der Waals surface area contributed by atoms with Gasteiger partial charge in [-0.15, -0.1) is 0 Å². The lowest BCUT2D eigenvalue weighted by Crippen LogP contribution is -2.35. The summed E-state index contributed by atoms with van der Waals surface area (Å²) in [6, 6.07) is 18.0. The van der Waals surface area contributed by atoms with Crippen molar-refractivity contribution in [3.05, 3.63) is 71.9 Å². The Morgan fingerprint density at radius 2 is 1.82 bits per heavy atom. The predicted octanol–water partition coefficient (Wildman–Crippen LogP) is 3.37. The maximum atomic E-state index is 13.2. The van der Waals surface area contributed by atoms with Crippen LogP contribution in [-0.2, 0) is 14.8 Å². The average Bonchev–Trinajstić information content (AvgIpc) is 3.32. The van der Waals surface area contributed by atoms with E-state index in [1.165, 1.54) is 17.4 Å². The summed E-state index contributed by atoms with van der Waals surface area (Å²) in [6.07, 6.45) is 5.92. The van der Waals surface area contributed by atoms with E-state index in [9.17, 15) is 18.5 Å². The molecule has 1 aromatic heterocycles. The number of likely N-dealkylation sites (N-methyl/N-ethyl adjacent to an activating group) is 1. The van der Waals surface area contributed by atoms with Gasteiger partial charge in [0.1, 0.15) is 17.3 Å². The summed E-state index contributed by atoms with van der Waals surface area (Å²) >= 11 is 0. The Morgan fingerprint density at radius 1 is 1.09 bits per heavy atom. The largest absolute Gasteiger partial charge is 0.354 e. The van der Waals surface area contributed by atoms with Gasteiger partial charge in [0.2, 0.25) is 10.0 Å². The fourth-order valence-corrected chi connectivity index (χ4v) is 5.49. The standard InChI is InChI=1S/C25H25N5O3S/c1-27-25(31)20(17-26)15-21-18-30(22-10-4-2-5-11-22)28-24(21)19-9-8-12-23(16-19)34(32,33)29-13-6-3-7-14-29/h2,4-5,8-12,15-16,18H,3,6-7,13-14H2,1H3,(H,27,31)/b20-15+. The Morgan fingerprint density at radius 3 is 2.50 bits per heavy atom. The third-order valence-electron chi connectivity index (χ3n) is 5.72.